The van der Waals surface area contributed by atoms with Gasteiger partial charge in [0.05, 0.1) is 25.2 Å². The van der Waals surface area contributed by atoms with E-state index in [9.17, 15) is 14.9 Å². The molecule has 0 unspecified atom stereocenters. The third-order valence-corrected chi connectivity index (χ3v) is 5.21. The minimum absolute atomic E-state index is 0.0206. The number of hydrogen-bond donors (Lipinski definition) is 1. The molecule has 0 spiro atoms. The minimum Gasteiger partial charge on any atom is -0.444 e. The highest BCUT2D eigenvalue weighted by atomic mass is 16.6. The average molecular weight is 399 g/mol. The molecule has 3 rings (SSSR count). The van der Waals surface area contributed by atoms with E-state index in [0.29, 0.717) is 19.0 Å². The fourth-order valence-corrected chi connectivity index (χ4v) is 3.59. The second-order valence-electron chi connectivity index (χ2n) is 8.84. The third-order valence-electron chi connectivity index (χ3n) is 5.21. The number of nitrogens with zero attached hydrogens (tertiary/aromatic N) is 3. The smallest absolute Gasteiger partial charge is 0.410 e. The molecular weight excluding hydrogens is 368 g/mol. The molecule has 7 heteroatoms. The molecule has 0 aromatic heterocycles. The number of ether oxygens (including phenoxy) is 1. The topological polar surface area (TPSA) is 85.7 Å². The molecule has 1 saturated carbocycles. The summed E-state index contributed by atoms with van der Waals surface area (Å²) in [5.74, 6) is 0.397. The number of amides is 2. The van der Waals surface area contributed by atoms with Gasteiger partial charge in [-0.25, -0.2) is 4.79 Å². The fraction of sp³-hybridized carbons (Fsp3) is 0.591. The van der Waals surface area contributed by atoms with E-state index >= 15 is 0 Å². The molecule has 1 aliphatic carbocycles. The van der Waals surface area contributed by atoms with Gasteiger partial charge in [-0.3, -0.25) is 9.69 Å². The van der Waals surface area contributed by atoms with Crippen molar-refractivity contribution in [1.82, 2.24) is 15.1 Å². The van der Waals surface area contributed by atoms with Gasteiger partial charge in [-0.15, -0.1) is 0 Å². The predicted octanol–water partition coefficient (Wildman–Crippen LogP) is 2.70. The van der Waals surface area contributed by atoms with Crippen LogP contribution in [0.2, 0.25) is 0 Å². The first-order chi connectivity index (χ1) is 13.8. The number of carbonyl (C=O) groups excluding carboxylic acids is 2. The molecule has 29 heavy (non-hydrogen) atoms. The van der Waals surface area contributed by atoms with E-state index in [1.54, 1.807) is 4.90 Å². The quantitative estimate of drug-likeness (QED) is 0.824. The highest BCUT2D eigenvalue weighted by molar-refractivity contribution is 5.79. The van der Waals surface area contributed by atoms with Gasteiger partial charge in [-0.1, -0.05) is 30.3 Å². The van der Waals surface area contributed by atoms with Gasteiger partial charge in [0.25, 0.3) is 0 Å². The number of piperazine rings is 1. The first-order valence-corrected chi connectivity index (χ1v) is 10.2. The second kappa shape index (κ2) is 8.83. The lowest BCUT2D eigenvalue weighted by Gasteiger charge is -2.38. The molecule has 1 aliphatic heterocycles. The molecule has 7 nitrogen and oxygen atoms in total. The van der Waals surface area contributed by atoms with E-state index in [1.807, 2.05) is 56.0 Å². The number of benzene rings is 1. The number of hydrogen-bond acceptors (Lipinski definition) is 5. The number of rotatable bonds is 5. The van der Waals surface area contributed by atoms with E-state index in [2.05, 4.69) is 11.4 Å². The van der Waals surface area contributed by atoms with Crippen LogP contribution in [0, 0.1) is 17.2 Å². The molecule has 2 aliphatic rings. The standard InChI is InChI=1S/C22H30N4O3/c1-22(2,3)29-21(28)26-12-11-25(18(13-23)14-26)15-19(27)24-20(17-9-10-17)16-7-5-4-6-8-16/h4-8,17-18,20H,9-12,14-15H2,1-3H3,(H,24,27)/t18-,20-/m0/s1. The molecule has 1 N–H and O–H groups in total. The van der Waals surface area contributed by atoms with Crippen LogP contribution < -0.4 is 5.32 Å². The van der Waals surface area contributed by atoms with Crippen molar-refractivity contribution in [3.8, 4) is 6.07 Å². The maximum atomic E-state index is 12.7. The number of carbonyl (C=O) groups is 2. The Morgan fingerprint density at radius 1 is 1.24 bits per heavy atom. The zero-order chi connectivity index (χ0) is 21.0. The zero-order valence-electron chi connectivity index (χ0n) is 17.4. The molecule has 1 aromatic rings. The molecule has 1 aromatic carbocycles. The van der Waals surface area contributed by atoms with Gasteiger partial charge in [0.2, 0.25) is 5.91 Å². The van der Waals surface area contributed by atoms with Crippen LogP contribution in [0.3, 0.4) is 0 Å². The van der Waals surface area contributed by atoms with Gasteiger partial charge < -0.3 is 15.0 Å². The van der Waals surface area contributed by atoms with Crippen molar-refractivity contribution in [2.24, 2.45) is 5.92 Å². The van der Waals surface area contributed by atoms with Crippen LogP contribution in [0.5, 0.6) is 0 Å². The molecule has 2 amide bonds. The summed E-state index contributed by atoms with van der Waals surface area (Å²) in [6.07, 6.45) is 1.82. The van der Waals surface area contributed by atoms with Crippen LogP contribution >= 0.6 is 0 Å². The van der Waals surface area contributed by atoms with Crippen molar-refractivity contribution < 1.29 is 14.3 Å². The highest BCUT2D eigenvalue weighted by Crippen LogP contribution is 2.40. The summed E-state index contributed by atoms with van der Waals surface area (Å²) in [7, 11) is 0. The van der Waals surface area contributed by atoms with Gasteiger partial charge in [-0.05, 0) is 45.1 Å². The number of nitrogens with one attached hydrogen (secondary N) is 1. The molecular formula is C22H30N4O3. The van der Waals surface area contributed by atoms with Crippen LogP contribution in [-0.2, 0) is 9.53 Å². The third kappa shape index (κ3) is 5.94. The van der Waals surface area contributed by atoms with E-state index in [4.69, 9.17) is 4.74 Å². The summed E-state index contributed by atoms with van der Waals surface area (Å²) in [6, 6.07) is 11.7. The highest BCUT2D eigenvalue weighted by Gasteiger charge is 2.36. The second-order valence-corrected chi connectivity index (χ2v) is 8.84. The summed E-state index contributed by atoms with van der Waals surface area (Å²) in [4.78, 5) is 28.4. The maximum absolute atomic E-state index is 12.7. The summed E-state index contributed by atoms with van der Waals surface area (Å²) < 4.78 is 5.40. The van der Waals surface area contributed by atoms with Crippen molar-refractivity contribution in [3.63, 3.8) is 0 Å². The van der Waals surface area contributed by atoms with Crippen molar-refractivity contribution >= 4 is 12.0 Å². The van der Waals surface area contributed by atoms with Crippen LogP contribution in [0.25, 0.3) is 0 Å². The van der Waals surface area contributed by atoms with Gasteiger partial charge >= 0.3 is 6.09 Å². The molecule has 0 bridgehead atoms. The summed E-state index contributed by atoms with van der Waals surface area (Å²) in [6.45, 7) is 6.73. The Morgan fingerprint density at radius 2 is 1.93 bits per heavy atom. The van der Waals surface area contributed by atoms with Crippen molar-refractivity contribution in [2.75, 3.05) is 26.2 Å². The fourth-order valence-electron chi connectivity index (χ4n) is 3.59. The first kappa shape index (κ1) is 21.1. The summed E-state index contributed by atoms with van der Waals surface area (Å²) in [5, 5.41) is 12.7. The van der Waals surface area contributed by atoms with Gasteiger partial charge in [0.15, 0.2) is 0 Å². The van der Waals surface area contributed by atoms with Gasteiger partial charge in [0, 0.05) is 13.1 Å². The largest absolute Gasteiger partial charge is 0.444 e. The zero-order valence-corrected chi connectivity index (χ0v) is 17.4. The Morgan fingerprint density at radius 3 is 2.52 bits per heavy atom. The Balaban J connectivity index is 1.56. The van der Waals surface area contributed by atoms with Crippen LogP contribution in [-0.4, -0.2) is 59.6 Å². The lowest BCUT2D eigenvalue weighted by atomic mass is 10.0. The Bertz CT molecular complexity index is 765. The van der Waals surface area contributed by atoms with E-state index in [0.717, 1.165) is 18.4 Å². The van der Waals surface area contributed by atoms with Gasteiger partial charge in [-0.2, -0.15) is 5.26 Å². The molecule has 1 saturated heterocycles. The minimum atomic E-state index is -0.578. The molecule has 2 atom stereocenters. The SMILES string of the molecule is CC(C)(C)OC(=O)N1CCN(CC(=O)N[C@@H](c2ccccc2)C2CC2)[C@@H](C#N)C1. The van der Waals surface area contributed by atoms with E-state index in [1.165, 1.54) is 0 Å². The van der Waals surface area contributed by atoms with E-state index in [-0.39, 0.29) is 25.0 Å². The van der Waals surface area contributed by atoms with Crippen molar-refractivity contribution in [2.45, 2.75) is 51.3 Å². The lowest BCUT2D eigenvalue weighted by Crippen LogP contribution is -2.57. The van der Waals surface area contributed by atoms with E-state index < -0.39 is 17.7 Å². The van der Waals surface area contributed by atoms with Crippen LogP contribution in [0.4, 0.5) is 4.79 Å². The Hall–Kier alpha value is -2.59. The molecule has 156 valence electrons. The molecule has 2 fully saturated rings. The average Bonchev–Trinajstić information content (AvgIpc) is 3.51. The lowest BCUT2D eigenvalue weighted by molar-refractivity contribution is -0.124. The normalized spacial score (nSPS) is 21.2. The molecule has 0 radical (unpaired) electrons. The van der Waals surface area contributed by atoms with Crippen LogP contribution in [0.15, 0.2) is 30.3 Å². The van der Waals surface area contributed by atoms with Crippen LogP contribution in [0.1, 0.15) is 45.2 Å². The van der Waals surface area contributed by atoms with Crippen molar-refractivity contribution in [1.29, 1.82) is 5.26 Å². The number of nitriles is 1. The Kier molecular flexibility index (Phi) is 6.43. The van der Waals surface area contributed by atoms with Crippen molar-refractivity contribution in [3.05, 3.63) is 35.9 Å². The predicted molar refractivity (Wildman–Crippen MR) is 109 cm³/mol. The first-order valence-electron chi connectivity index (χ1n) is 10.2. The monoisotopic (exact) mass is 398 g/mol. The Labute approximate surface area is 172 Å². The summed E-state index contributed by atoms with van der Waals surface area (Å²) >= 11 is 0. The summed E-state index contributed by atoms with van der Waals surface area (Å²) in [5.41, 5.74) is 0.542. The molecule has 1 heterocycles. The maximum Gasteiger partial charge on any atom is 0.410 e. The van der Waals surface area contributed by atoms with Gasteiger partial charge in [0.1, 0.15) is 11.6 Å².